The van der Waals surface area contributed by atoms with Crippen LogP contribution in [-0.4, -0.2) is 40.3 Å². The van der Waals surface area contributed by atoms with E-state index in [1.807, 2.05) is 6.07 Å². The summed E-state index contributed by atoms with van der Waals surface area (Å²) in [5.74, 6) is 0.245. The van der Waals surface area contributed by atoms with Crippen LogP contribution in [0.1, 0.15) is 38.5 Å². The van der Waals surface area contributed by atoms with E-state index in [9.17, 15) is 9.59 Å². The Labute approximate surface area is 150 Å². The van der Waals surface area contributed by atoms with E-state index in [-0.39, 0.29) is 17.7 Å². The summed E-state index contributed by atoms with van der Waals surface area (Å²) in [6.07, 6.45) is 6.77. The molecule has 1 unspecified atom stereocenters. The third kappa shape index (κ3) is 3.78. The molecule has 24 heavy (non-hydrogen) atoms. The number of amides is 2. The van der Waals surface area contributed by atoms with Gasteiger partial charge in [0.15, 0.2) is 0 Å². The van der Waals surface area contributed by atoms with Gasteiger partial charge in [-0.3, -0.25) is 9.59 Å². The predicted molar refractivity (Wildman–Crippen MR) is 95.3 cm³/mol. The molecule has 0 radical (unpaired) electrons. The van der Waals surface area contributed by atoms with Gasteiger partial charge in [-0.05, 0) is 53.7 Å². The molecule has 1 aromatic heterocycles. The van der Waals surface area contributed by atoms with Crippen molar-refractivity contribution in [3.63, 3.8) is 0 Å². The first-order chi connectivity index (χ1) is 11.5. The number of nitrogens with one attached hydrogen (secondary N) is 1. The fourth-order valence-corrected chi connectivity index (χ4v) is 3.82. The summed E-state index contributed by atoms with van der Waals surface area (Å²) in [5.41, 5.74) is 5.57. The summed E-state index contributed by atoms with van der Waals surface area (Å²) < 4.78 is 0.861. The van der Waals surface area contributed by atoms with Crippen LogP contribution in [0.4, 0.5) is 5.82 Å². The van der Waals surface area contributed by atoms with E-state index >= 15 is 0 Å². The molecule has 3 N–H and O–H groups in total. The van der Waals surface area contributed by atoms with Crippen LogP contribution < -0.4 is 11.1 Å². The van der Waals surface area contributed by atoms with Gasteiger partial charge >= 0.3 is 0 Å². The van der Waals surface area contributed by atoms with Crippen LogP contribution in [0.2, 0.25) is 0 Å². The molecule has 1 aliphatic heterocycles. The highest BCUT2D eigenvalue weighted by molar-refractivity contribution is 9.10. The van der Waals surface area contributed by atoms with E-state index in [1.165, 1.54) is 0 Å². The zero-order valence-corrected chi connectivity index (χ0v) is 15.2. The summed E-state index contributed by atoms with van der Waals surface area (Å²) in [7, 11) is 0. The number of aromatic nitrogens is 1. The lowest BCUT2D eigenvalue weighted by atomic mass is 9.92. The van der Waals surface area contributed by atoms with Crippen LogP contribution in [0.5, 0.6) is 0 Å². The Morgan fingerprint density at radius 2 is 2.04 bits per heavy atom. The molecule has 2 fully saturated rings. The number of nitrogens with zero attached hydrogens (tertiary/aromatic N) is 2. The maximum Gasteiger partial charge on any atom is 0.242 e. The van der Waals surface area contributed by atoms with Crippen LogP contribution >= 0.6 is 15.9 Å². The second kappa shape index (κ2) is 7.19. The molecule has 6 nitrogen and oxygen atoms in total. The molecule has 1 saturated heterocycles. The standard InChI is InChI=1S/C17H23BrN4O2/c18-13-5-6-14(20-10-13)21-15(23)12-4-3-9-22(11-12)16(24)17(19)7-1-2-8-17/h5-6,10,12H,1-4,7-9,11,19H2,(H,20,21,23). The first-order valence-electron chi connectivity index (χ1n) is 8.49. The second-order valence-corrected chi connectivity index (χ2v) is 7.72. The molecule has 1 aromatic rings. The average molecular weight is 395 g/mol. The van der Waals surface area contributed by atoms with E-state index in [0.29, 0.717) is 18.9 Å². The number of hydrogen-bond donors (Lipinski definition) is 2. The number of likely N-dealkylation sites (tertiary alicyclic amines) is 1. The molecule has 0 aromatic carbocycles. The van der Waals surface area contributed by atoms with Crippen LogP contribution in [-0.2, 0) is 9.59 Å². The van der Waals surface area contributed by atoms with E-state index in [4.69, 9.17) is 5.73 Å². The topological polar surface area (TPSA) is 88.3 Å². The molecule has 3 rings (SSSR count). The third-order valence-corrected chi connectivity index (χ3v) is 5.45. The Morgan fingerprint density at radius 3 is 2.71 bits per heavy atom. The first kappa shape index (κ1) is 17.4. The first-order valence-corrected chi connectivity index (χ1v) is 9.28. The van der Waals surface area contributed by atoms with E-state index < -0.39 is 5.54 Å². The molecule has 130 valence electrons. The van der Waals surface area contributed by atoms with Gasteiger partial charge in [-0.1, -0.05) is 12.8 Å². The van der Waals surface area contributed by atoms with E-state index in [2.05, 4.69) is 26.2 Å². The predicted octanol–water partition coefficient (Wildman–Crippen LogP) is 2.29. The largest absolute Gasteiger partial charge is 0.340 e. The average Bonchev–Trinajstić information content (AvgIpc) is 3.04. The van der Waals surface area contributed by atoms with Gasteiger partial charge in [-0.25, -0.2) is 4.98 Å². The van der Waals surface area contributed by atoms with Crippen molar-refractivity contribution in [2.75, 3.05) is 18.4 Å². The van der Waals surface area contributed by atoms with Gasteiger partial charge < -0.3 is 16.0 Å². The number of hydrogen-bond acceptors (Lipinski definition) is 4. The number of halogens is 1. The van der Waals surface area contributed by atoms with Crippen molar-refractivity contribution >= 4 is 33.6 Å². The minimum atomic E-state index is -0.717. The van der Waals surface area contributed by atoms with Gasteiger partial charge in [0, 0.05) is 23.8 Å². The Morgan fingerprint density at radius 1 is 1.29 bits per heavy atom. The minimum absolute atomic E-state index is 0.0132. The maximum absolute atomic E-state index is 12.7. The van der Waals surface area contributed by atoms with Gasteiger partial charge in [0.05, 0.1) is 11.5 Å². The van der Waals surface area contributed by atoms with Crippen LogP contribution in [0.3, 0.4) is 0 Å². The van der Waals surface area contributed by atoms with Crippen molar-refractivity contribution in [1.82, 2.24) is 9.88 Å². The van der Waals surface area contributed by atoms with Gasteiger partial charge in [0.1, 0.15) is 5.82 Å². The van der Waals surface area contributed by atoms with Crippen molar-refractivity contribution in [3.8, 4) is 0 Å². The fourth-order valence-electron chi connectivity index (χ4n) is 3.59. The summed E-state index contributed by atoms with van der Waals surface area (Å²) in [4.78, 5) is 31.2. The molecule has 1 atom stereocenters. The molecule has 1 saturated carbocycles. The van der Waals surface area contributed by atoms with Crippen LogP contribution in [0.25, 0.3) is 0 Å². The SMILES string of the molecule is NC1(C(=O)N2CCCC(C(=O)Nc3ccc(Br)cn3)C2)CCCC1. The van der Waals surface area contributed by atoms with Gasteiger partial charge in [0.2, 0.25) is 11.8 Å². The van der Waals surface area contributed by atoms with Crippen molar-refractivity contribution in [3.05, 3.63) is 22.8 Å². The van der Waals surface area contributed by atoms with Crippen molar-refractivity contribution in [1.29, 1.82) is 0 Å². The molecule has 2 amide bonds. The van der Waals surface area contributed by atoms with Crippen molar-refractivity contribution in [2.24, 2.45) is 11.7 Å². The monoisotopic (exact) mass is 394 g/mol. The molecular weight excluding hydrogens is 372 g/mol. The second-order valence-electron chi connectivity index (χ2n) is 6.80. The van der Waals surface area contributed by atoms with Gasteiger partial charge in [-0.2, -0.15) is 0 Å². The summed E-state index contributed by atoms with van der Waals surface area (Å²) in [6, 6.07) is 3.58. The van der Waals surface area contributed by atoms with Crippen molar-refractivity contribution in [2.45, 2.75) is 44.1 Å². The zero-order valence-electron chi connectivity index (χ0n) is 13.6. The molecule has 0 bridgehead atoms. The van der Waals surface area contributed by atoms with E-state index in [0.717, 1.165) is 43.0 Å². The number of pyridine rings is 1. The Kier molecular flexibility index (Phi) is 5.20. The summed E-state index contributed by atoms with van der Waals surface area (Å²) >= 11 is 3.32. The lowest BCUT2D eigenvalue weighted by Crippen LogP contribution is -2.56. The third-order valence-electron chi connectivity index (χ3n) is 4.98. The molecular formula is C17H23BrN4O2. The zero-order chi connectivity index (χ0) is 17.2. The van der Waals surface area contributed by atoms with Gasteiger partial charge in [-0.15, -0.1) is 0 Å². The minimum Gasteiger partial charge on any atom is -0.340 e. The molecule has 0 spiro atoms. The van der Waals surface area contributed by atoms with Crippen LogP contribution in [0, 0.1) is 5.92 Å². The number of carbonyl (C=O) groups excluding carboxylic acids is 2. The molecule has 2 aliphatic rings. The quantitative estimate of drug-likeness (QED) is 0.822. The number of rotatable bonds is 3. The van der Waals surface area contributed by atoms with Gasteiger partial charge in [0.25, 0.3) is 0 Å². The Hall–Kier alpha value is -1.47. The normalized spacial score (nSPS) is 23.1. The van der Waals surface area contributed by atoms with Crippen LogP contribution in [0.15, 0.2) is 22.8 Å². The molecule has 1 aliphatic carbocycles. The highest BCUT2D eigenvalue weighted by Gasteiger charge is 2.41. The lowest BCUT2D eigenvalue weighted by molar-refractivity contribution is -0.139. The lowest BCUT2D eigenvalue weighted by Gasteiger charge is -2.36. The Bertz CT molecular complexity index is 614. The number of anilines is 1. The number of piperidine rings is 1. The highest BCUT2D eigenvalue weighted by Crippen LogP contribution is 2.30. The maximum atomic E-state index is 12.7. The number of carbonyl (C=O) groups is 2. The van der Waals surface area contributed by atoms with Crippen molar-refractivity contribution < 1.29 is 9.59 Å². The van der Waals surface area contributed by atoms with E-state index in [1.54, 1.807) is 17.2 Å². The molecule has 2 heterocycles. The fraction of sp³-hybridized carbons (Fsp3) is 0.588. The summed E-state index contributed by atoms with van der Waals surface area (Å²) in [6.45, 7) is 1.14. The number of nitrogens with two attached hydrogens (primary N) is 1. The Balaban J connectivity index is 1.61. The smallest absolute Gasteiger partial charge is 0.242 e. The summed E-state index contributed by atoms with van der Waals surface area (Å²) in [5, 5.41) is 2.84. The molecule has 7 heteroatoms. The highest BCUT2D eigenvalue weighted by atomic mass is 79.9.